The van der Waals surface area contributed by atoms with Gasteiger partial charge in [-0.3, -0.25) is 10.1 Å². The maximum atomic E-state index is 12.5. The van der Waals surface area contributed by atoms with Gasteiger partial charge in [0.15, 0.2) is 0 Å². The number of carbonyl (C=O) groups is 2. The Labute approximate surface area is 172 Å². The monoisotopic (exact) mass is 415 g/mol. The molecule has 0 saturated carbocycles. The van der Waals surface area contributed by atoms with Gasteiger partial charge in [0.05, 0.1) is 43.6 Å². The van der Waals surface area contributed by atoms with E-state index in [4.69, 9.17) is 14.2 Å². The Kier molecular flexibility index (Phi) is 6.48. The summed E-state index contributed by atoms with van der Waals surface area (Å²) in [4.78, 5) is 39.3. The van der Waals surface area contributed by atoms with Gasteiger partial charge in [-0.1, -0.05) is 6.08 Å². The number of anilines is 2. The minimum atomic E-state index is -0.786. The lowest BCUT2D eigenvalue weighted by molar-refractivity contribution is -0.384. The van der Waals surface area contributed by atoms with Gasteiger partial charge in [-0.15, -0.1) is 0 Å². The third kappa shape index (κ3) is 4.18. The number of rotatable bonds is 5. The molecule has 0 bridgehead atoms. The first-order valence-corrected chi connectivity index (χ1v) is 9.14. The first-order valence-electron chi connectivity index (χ1n) is 9.14. The number of esters is 2. The van der Waals surface area contributed by atoms with Crippen LogP contribution < -0.4 is 9.80 Å². The molecule has 0 radical (unpaired) electrons. The average molecular weight is 415 g/mol. The molecule has 2 heterocycles. The Hall–Kier alpha value is -3.66. The molecule has 1 saturated heterocycles. The van der Waals surface area contributed by atoms with E-state index in [-0.39, 0.29) is 17.0 Å². The molecule has 10 heteroatoms. The third-order valence-corrected chi connectivity index (χ3v) is 4.67. The summed E-state index contributed by atoms with van der Waals surface area (Å²) in [6.45, 7) is 2.04. The minimum absolute atomic E-state index is 0.0331. The van der Waals surface area contributed by atoms with E-state index in [2.05, 4.69) is 0 Å². The van der Waals surface area contributed by atoms with E-state index in [0.29, 0.717) is 37.7 Å². The van der Waals surface area contributed by atoms with Crippen molar-refractivity contribution in [3.05, 3.63) is 64.0 Å². The Morgan fingerprint density at radius 2 is 1.80 bits per heavy atom. The standard InChI is InChI=1S/C20H21N3O7/c1-28-19(24)15-5-3-4-8-22(18(15)20(25)29-2)14-6-7-16(17(13-14)23(26)27)21-9-11-30-12-10-21/h3-8,13H,9-12H2,1-2H3. The van der Waals surface area contributed by atoms with Crippen molar-refractivity contribution in [1.82, 2.24) is 0 Å². The number of nitro groups is 1. The van der Waals surface area contributed by atoms with Crippen LogP contribution in [0.1, 0.15) is 0 Å². The van der Waals surface area contributed by atoms with Crippen molar-refractivity contribution < 1.29 is 28.7 Å². The molecule has 1 aromatic rings. The molecule has 30 heavy (non-hydrogen) atoms. The summed E-state index contributed by atoms with van der Waals surface area (Å²) in [7, 11) is 2.38. The van der Waals surface area contributed by atoms with E-state index in [0.717, 1.165) is 0 Å². The van der Waals surface area contributed by atoms with Crippen molar-refractivity contribution in [2.75, 3.05) is 50.3 Å². The smallest absolute Gasteiger partial charge is 0.355 e. The number of ether oxygens (including phenoxy) is 3. The second-order valence-electron chi connectivity index (χ2n) is 6.35. The zero-order valence-corrected chi connectivity index (χ0v) is 16.6. The summed E-state index contributed by atoms with van der Waals surface area (Å²) in [6.07, 6.45) is 6.10. The second-order valence-corrected chi connectivity index (χ2v) is 6.35. The number of nitro benzene ring substituents is 1. The van der Waals surface area contributed by atoms with Crippen LogP contribution in [0, 0.1) is 10.1 Å². The molecule has 2 aliphatic rings. The van der Waals surface area contributed by atoms with Gasteiger partial charge in [0, 0.05) is 25.4 Å². The van der Waals surface area contributed by atoms with Gasteiger partial charge in [0.1, 0.15) is 11.4 Å². The van der Waals surface area contributed by atoms with Gasteiger partial charge in [-0.2, -0.15) is 0 Å². The summed E-state index contributed by atoms with van der Waals surface area (Å²) in [6, 6.07) is 4.63. The summed E-state index contributed by atoms with van der Waals surface area (Å²) in [5.41, 5.74) is 0.516. The Bertz CT molecular complexity index is 946. The molecule has 158 valence electrons. The lowest BCUT2D eigenvalue weighted by Crippen LogP contribution is -2.36. The first kappa shape index (κ1) is 21.1. The third-order valence-electron chi connectivity index (χ3n) is 4.67. The topological polar surface area (TPSA) is 111 Å². The molecule has 0 atom stereocenters. The van der Waals surface area contributed by atoms with Crippen LogP contribution in [-0.2, 0) is 23.8 Å². The van der Waals surface area contributed by atoms with Gasteiger partial charge in [0.25, 0.3) is 5.69 Å². The minimum Gasteiger partial charge on any atom is -0.465 e. The van der Waals surface area contributed by atoms with Crippen LogP contribution in [0.15, 0.2) is 53.9 Å². The highest BCUT2D eigenvalue weighted by atomic mass is 16.6. The summed E-state index contributed by atoms with van der Waals surface area (Å²) >= 11 is 0. The van der Waals surface area contributed by atoms with E-state index >= 15 is 0 Å². The molecule has 1 fully saturated rings. The Morgan fingerprint density at radius 1 is 1.10 bits per heavy atom. The molecular weight excluding hydrogens is 394 g/mol. The van der Waals surface area contributed by atoms with Crippen molar-refractivity contribution in [2.24, 2.45) is 0 Å². The fourth-order valence-electron chi connectivity index (χ4n) is 3.25. The fourth-order valence-corrected chi connectivity index (χ4v) is 3.25. The van der Waals surface area contributed by atoms with Gasteiger partial charge in [0.2, 0.25) is 0 Å². The molecule has 0 N–H and O–H groups in total. The SMILES string of the molecule is COC(=O)C1=C(C(=O)OC)N(c2ccc(N3CCOCC3)c([N+](=O)[O-])c2)C=CC=C1. The van der Waals surface area contributed by atoms with Crippen LogP contribution in [0.4, 0.5) is 17.1 Å². The van der Waals surface area contributed by atoms with E-state index < -0.39 is 16.9 Å². The normalized spacial score (nSPS) is 16.3. The number of nitrogens with zero attached hydrogens (tertiary/aromatic N) is 3. The maximum absolute atomic E-state index is 12.5. The van der Waals surface area contributed by atoms with Crippen molar-refractivity contribution >= 4 is 29.0 Å². The molecule has 0 spiro atoms. The van der Waals surface area contributed by atoms with Crippen LogP contribution in [0.25, 0.3) is 0 Å². The number of allylic oxidation sites excluding steroid dienone is 2. The molecule has 3 rings (SSSR count). The molecule has 10 nitrogen and oxygen atoms in total. The van der Waals surface area contributed by atoms with Crippen molar-refractivity contribution in [3.63, 3.8) is 0 Å². The predicted octanol–water partition coefficient (Wildman–Crippen LogP) is 1.92. The van der Waals surface area contributed by atoms with Crippen LogP contribution in [0.3, 0.4) is 0 Å². The molecule has 1 aromatic carbocycles. The molecule has 0 unspecified atom stereocenters. The number of carbonyl (C=O) groups excluding carboxylic acids is 2. The Morgan fingerprint density at radius 3 is 2.43 bits per heavy atom. The highest BCUT2D eigenvalue weighted by Gasteiger charge is 2.29. The lowest BCUT2D eigenvalue weighted by atomic mass is 10.1. The molecule has 2 aliphatic heterocycles. The van der Waals surface area contributed by atoms with Gasteiger partial charge in [-0.05, 0) is 24.3 Å². The van der Waals surface area contributed by atoms with Crippen molar-refractivity contribution in [1.29, 1.82) is 0 Å². The zero-order valence-electron chi connectivity index (χ0n) is 16.6. The number of hydrogen-bond acceptors (Lipinski definition) is 9. The summed E-state index contributed by atoms with van der Waals surface area (Å²) in [5.74, 6) is -1.52. The van der Waals surface area contributed by atoms with E-state index in [1.165, 1.54) is 37.5 Å². The zero-order chi connectivity index (χ0) is 21.7. The number of methoxy groups -OCH3 is 2. The van der Waals surface area contributed by atoms with E-state index in [1.54, 1.807) is 24.3 Å². The molecule has 0 amide bonds. The van der Waals surface area contributed by atoms with Gasteiger partial charge in [-0.25, -0.2) is 9.59 Å². The van der Waals surface area contributed by atoms with Crippen molar-refractivity contribution in [2.45, 2.75) is 0 Å². The lowest BCUT2D eigenvalue weighted by Gasteiger charge is -2.29. The number of benzene rings is 1. The highest BCUT2D eigenvalue weighted by molar-refractivity contribution is 6.05. The fraction of sp³-hybridized carbons (Fsp3) is 0.300. The van der Waals surface area contributed by atoms with E-state index in [1.807, 2.05) is 4.90 Å². The van der Waals surface area contributed by atoms with Crippen LogP contribution in [0.5, 0.6) is 0 Å². The van der Waals surface area contributed by atoms with E-state index in [9.17, 15) is 19.7 Å². The van der Waals surface area contributed by atoms with Crippen LogP contribution in [0.2, 0.25) is 0 Å². The summed E-state index contributed by atoms with van der Waals surface area (Å²) in [5, 5.41) is 11.8. The maximum Gasteiger partial charge on any atom is 0.355 e. The quantitative estimate of drug-likeness (QED) is 0.404. The average Bonchev–Trinajstić information content (AvgIpc) is 3.01. The van der Waals surface area contributed by atoms with Crippen molar-refractivity contribution in [3.8, 4) is 0 Å². The van der Waals surface area contributed by atoms with Crippen LogP contribution >= 0.6 is 0 Å². The first-order chi connectivity index (χ1) is 14.5. The highest BCUT2D eigenvalue weighted by Crippen LogP contribution is 2.35. The molecule has 0 aromatic heterocycles. The molecule has 0 aliphatic carbocycles. The van der Waals surface area contributed by atoms with Crippen LogP contribution in [-0.4, -0.2) is 57.4 Å². The second kappa shape index (κ2) is 9.23. The summed E-state index contributed by atoms with van der Waals surface area (Å²) < 4.78 is 14.9. The van der Waals surface area contributed by atoms with Gasteiger partial charge >= 0.3 is 11.9 Å². The predicted molar refractivity (Wildman–Crippen MR) is 108 cm³/mol. The number of hydrogen-bond donors (Lipinski definition) is 0. The number of morpholine rings is 1. The largest absolute Gasteiger partial charge is 0.465 e. The molecular formula is C20H21N3O7. The Balaban J connectivity index is 2.12. The van der Waals surface area contributed by atoms with Gasteiger partial charge < -0.3 is 24.0 Å².